The lowest BCUT2D eigenvalue weighted by atomic mass is 10.0. The van der Waals surface area contributed by atoms with E-state index in [4.69, 9.17) is 11.6 Å². The first-order valence-corrected chi connectivity index (χ1v) is 8.56. The van der Waals surface area contributed by atoms with E-state index in [1.54, 1.807) is 36.7 Å². The van der Waals surface area contributed by atoms with Crippen LogP contribution in [0.5, 0.6) is 0 Å². The molecule has 0 aliphatic carbocycles. The van der Waals surface area contributed by atoms with Crippen molar-refractivity contribution in [2.24, 2.45) is 5.92 Å². The zero-order chi connectivity index (χ0) is 18.2. The average Bonchev–Trinajstić information content (AvgIpc) is 2.60. The van der Waals surface area contributed by atoms with Gasteiger partial charge in [-0.3, -0.25) is 14.6 Å². The lowest BCUT2D eigenvalue weighted by Crippen LogP contribution is -2.47. The summed E-state index contributed by atoms with van der Waals surface area (Å²) in [5, 5.41) is 6.23. The average molecular weight is 360 g/mol. The van der Waals surface area contributed by atoms with Crippen molar-refractivity contribution in [3.8, 4) is 0 Å². The maximum atomic E-state index is 12.5. The van der Waals surface area contributed by atoms with Crippen molar-refractivity contribution in [1.29, 1.82) is 0 Å². The van der Waals surface area contributed by atoms with Gasteiger partial charge in [-0.2, -0.15) is 0 Å². The van der Waals surface area contributed by atoms with Crippen LogP contribution in [0, 0.1) is 5.92 Å². The second-order valence-corrected chi connectivity index (χ2v) is 6.68. The first kappa shape index (κ1) is 18.9. The van der Waals surface area contributed by atoms with Crippen LogP contribution in [0.15, 0.2) is 48.8 Å². The summed E-state index contributed by atoms with van der Waals surface area (Å²) in [4.78, 5) is 28.9. The molecule has 1 heterocycles. The Morgan fingerprint density at radius 1 is 1.16 bits per heavy atom. The van der Waals surface area contributed by atoms with Gasteiger partial charge in [0.25, 0.3) is 5.91 Å². The molecule has 0 saturated heterocycles. The smallest absolute Gasteiger partial charge is 0.251 e. The van der Waals surface area contributed by atoms with Crippen LogP contribution in [0.1, 0.15) is 36.2 Å². The molecular formula is C19H22ClN3O2. The molecule has 2 rings (SSSR count). The summed E-state index contributed by atoms with van der Waals surface area (Å²) in [6.07, 6.45) is 3.93. The van der Waals surface area contributed by atoms with Gasteiger partial charge in [-0.05, 0) is 48.2 Å². The predicted octanol–water partition coefficient (Wildman–Crippen LogP) is 3.20. The Morgan fingerprint density at radius 3 is 2.48 bits per heavy atom. The molecule has 0 fully saturated rings. The molecule has 132 valence electrons. The van der Waals surface area contributed by atoms with Crippen molar-refractivity contribution < 1.29 is 9.59 Å². The summed E-state index contributed by atoms with van der Waals surface area (Å²) in [5.41, 5.74) is 1.38. The summed E-state index contributed by atoms with van der Waals surface area (Å²) in [6, 6.07) is 9.67. The quantitative estimate of drug-likeness (QED) is 0.797. The Bertz CT molecular complexity index is 702. The Labute approximate surface area is 152 Å². The molecule has 1 unspecified atom stereocenters. The van der Waals surface area contributed by atoms with Gasteiger partial charge in [0.2, 0.25) is 5.91 Å². The van der Waals surface area contributed by atoms with E-state index >= 15 is 0 Å². The highest BCUT2D eigenvalue weighted by molar-refractivity contribution is 6.30. The molecule has 0 aliphatic heterocycles. The Kier molecular flexibility index (Phi) is 6.95. The van der Waals surface area contributed by atoms with Gasteiger partial charge in [0.1, 0.15) is 6.04 Å². The van der Waals surface area contributed by atoms with E-state index < -0.39 is 6.04 Å². The minimum absolute atomic E-state index is 0.208. The zero-order valence-electron chi connectivity index (χ0n) is 14.3. The maximum absolute atomic E-state index is 12.5. The highest BCUT2D eigenvalue weighted by Gasteiger charge is 2.22. The van der Waals surface area contributed by atoms with Gasteiger partial charge in [-0.15, -0.1) is 0 Å². The number of carbonyl (C=O) groups is 2. The van der Waals surface area contributed by atoms with E-state index in [0.717, 1.165) is 5.56 Å². The van der Waals surface area contributed by atoms with Crippen LogP contribution in [0.3, 0.4) is 0 Å². The zero-order valence-corrected chi connectivity index (χ0v) is 15.1. The number of hydrogen-bond donors (Lipinski definition) is 2. The molecule has 2 N–H and O–H groups in total. The van der Waals surface area contributed by atoms with E-state index in [2.05, 4.69) is 15.6 Å². The molecule has 5 nitrogen and oxygen atoms in total. The summed E-state index contributed by atoms with van der Waals surface area (Å²) in [5.74, 6) is -0.238. The van der Waals surface area contributed by atoms with Crippen LogP contribution in [0.4, 0.5) is 0 Å². The number of hydrogen-bond acceptors (Lipinski definition) is 3. The third kappa shape index (κ3) is 6.19. The highest BCUT2D eigenvalue weighted by atomic mass is 35.5. The topological polar surface area (TPSA) is 71.1 Å². The Balaban J connectivity index is 2.00. The van der Waals surface area contributed by atoms with Gasteiger partial charge in [0, 0.05) is 29.5 Å². The minimum Gasteiger partial charge on any atom is -0.350 e. The Morgan fingerprint density at radius 2 is 1.88 bits per heavy atom. The molecule has 2 aromatic rings. The first-order chi connectivity index (χ1) is 12.0. The van der Waals surface area contributed by atoms with E-state index in [0.29, 0.717) is 23.6 Å². The number of aromatic nitrogens is 1. The number of halogens is 1. The number of nitrogens with one attached hydrogen (secondary N) is 2. The van der Waals surface area contributed by atoms with Crippen molar-refractivity contribution in [2.75, 3.05) is 0 Å². The van der Waals surface area contributed by atoms with Gasteiger partial charge in [0.05, 0.1) is 0 Å². The molecule has 6 heteroatoms. The summed E-state index contributed by atoms with van der Waals surface area (Å²) < 4.78 is 0. The van der Waals surface area contributed by atoms with E-state index in [1.165, 1.54) is 0 Å². The number of benzene rings is 1. The van der Waals surface area contributed by atoms with E-state index in [1.807, 2.05) is 26.0 Å². The largest absolute Gasteiger partial charge is 0.350 e. The third-order valence-electron chi connectivity index (χ3n) is 3.62. The fourth-order valence-corrected chi connectivity index (χ4v) is 2.49. The molecule has 0 saturated carbocycles. The van der Waals surface area contributed by atoms with Crippen molar-refractivity contribution in [3.63, 3.8) is 0 Å². The van der Waals surface area contributed by atoms with Crippen molar-refractivity contribution in [1.82, 2.24) is 15.6 Å². The molecule has 0 spiro atoms. The number of rotatable bonds is 7. The predicted molar refractivity (Wildman–Crippen MR) is 98.2 cm³/mol. The molecule has 25 heavy (non-hydrogen) atoms. The highest BCUT2D eigenvalue weighted by Crippen LogP contribution is 2.11. The molecule has 1 aromatic heterocycles. The third-order valence-corrected chi connectivity index (χ3v) is 3.88. The molecule has 0 bridgehead atoms. The monoisotopic (exact) mass is 359 g/mol. The molecule has 1 aromatic carbocycles. The Hall–Kier alpha value is -2.40. The maximum Gasteiger partial charge on any atom is 0.251 e. The normalized spacial score (nSPS) is 11.8. The fourth-order valence-electron chi connectivity index (χ4n) is 2.36. The second kappa shape index (κ2) is 9.18. The molecular weight excluding hydrogens is 338 g/mol. The fraction of sp³-hybridized carbons (Fsp3) is 0.316. The summed E-state index contributed by atoms with van der Waals surface area (Å²) >= 11 is 5.84. The van der Waals surface area contributed by atoms with Gasteiger partial charge in [0.15, 0.2) is 0 Å². The van der Waals surface area contributed by atoms with Crippen LogP contribution in [0.25, 0.3) is 0 Å². The SMILES string of the molecule is CC(C)CC(NC(=O)c1ccc(Cl)cc1)C(=O)NCc1cccnc1. The van der Waals surface area contributed by atoms with Crippen LogP contribution in [-0.2, 0) is 11.3 Å². The second-order valence-electron chi connectivity index (χ2n) is 6.24. The van der Waals surface area contributed by atoms with Crippen LogP contribution in [0.2, 0.25) is 5.02 Å². The number of pyridine rings is 1. The lowest BCUT2D eigenvalue weighted by molar-refractivity contribution is -0.123. The van der Waals surface area contributed by atoms with Gasteiger partial charge in [-0.25, -0.2) is 0 Å². The standard InChI is InChI=1S/C19H22ClN3O2/c1-13(2)10-17(19(25)22-12-14-4-3-9-21-11-14)23-18(24)15-5-7-16(20)8-6-15/h3-9,11,13,17H,10,12H2,1-2H3,(H,22,25)(H,23,24). The van der Waals surface area contributed by atoms with Gasteiger partial charge >= 0.3 is 0 Å². The molecule has 2 amide bonds. The van der Waals surface area contributed by atoms with Gasteiger partial charge < -0.3 is 10.6 Å². The van der Waals surface area contributed by atoms with Crippen LogP contribution < -0.4 is 10.6 Å². The van der Waals surface area contributed by atoms with Crippen molar-refractivity contribution in [3.05, 3.63) is 64.9 Å². The van der Waals surface area contributed by atoms with Crippen LogP contribution >= 0.6 is 11.6 Å². The summed E-state index contributed by atoms with van der Waals surface area (Å²) in [6.45, 7) is 4.39. The minimum atomic E-state index is -0.597. The van der Waals surface area contributed by atoms with E-state index in [9.17, 15) is 9.59 Å². The molecule has 0 aliphatic rings. The molecule has 0 radical (unpaired) electrons. The van der Waals surface area contributed by atoms with Crippen molar-refractivity contribution in [2.45, 2.75) is 32.9 Å². The van der Waals surface area contributed by atoms with Crippen molar-refractivity contribution >= 4 is 23.4 Å². The van der Waals surface area contributed by atoms with Crippen LogP contribution in [-0.4, -0.2) is 22.8 Å². The first-order valence-electron chi connectivity index (χ1n) is 8.18. The number of nitrogens with zero attached hydrogens (tertiary/aromatic N) is 1. The lowest BCUT2D eigenvalue weighted by Gasteiger charge is -2.20. The molecule has 1 atom stereocenters. The van der Waals surface area contributed by atoms with Gasteiger partial charge in [-0.1, -0.05) is 31.5 Å². The summed E-state index contributed by atoms with van der Waals surface area (Å²) in [7, 11) is 0. The van der Waals surface area contributed by atoms with E-state index in [-0.39, 0.29) is 17.7 Å². The number of carbonyl (C=O) groups excluding carboxylic acids is 2. The number of amides is 2.